The molecule has 13 heavy (non-hydrogen) atoms. The normalized spacial score (nSPS) is 10.6. The first-order valence-electron chi connectivity index (χ1n) is 3.85. The van der Waals surface area contributed by atoms with Crippen molar-refractivity contribution in [2.75, 3.05) is 5.73 Å². The third-order valence-electron chi connectivity index (χ3n) is 1.86. The van der Waals surface area contributed by atoms with Gasteiger partial charge in [-0.25, -0.2) is 0 Å². The molecule has 0 bridgehead atoms. The fourth-order valence-electron chi connectivity index (χ4n) is 1.07. The van der Waals surface area contributed by atoms with Gasteiger partial charge in [-0.3, -0.25) is 9.78 Å². The Morgan fingerprint density at radius 2 is 2.31 bits per heavy atom. The van der Waals surface area contributed by atoms with Crippen LogP contribution in [0.1, 0.15) is 5.69 Å². The maximum absolute atomic E-state index is 5.37. The topological polar surface area (TPSA) is 85.4 Å². The third kappa shape index (κ3) is 1.26. The van der Waals surface area contributed by atoms with Crippen molar-refractivity contribution in [2.24, 2.45) is 7.05 Å². The van der Waals surface area contributed by atoms with E-state index in [-0.39, 0.29) is 5.95 Å². The predicted molar refractivity (Wildman–Crippen MR) is 47.7 cm³/mol. The molecule has 0 radical (unpaired) electrons. The molecular formula is C7H10N6. The fraction of sp³-hybridized carbons (Fsp3) is 0.286. The Kier molecular flexibility index (Phi) is 1.54. The number of aryl methyl sites for hydroxylation is 2. The highest BCUT2D eigenvalue weighted by Gasteiger charge is 2.07. The van der Waals surface area contributed by atoms with Crippen LogP contribution < -0.4 is 5.73 Å². The second-order valence-corrected chi connectivity index (χ2v) is 2.84. The zero-order valence-corrected chi connectivity index (χ0v) is 7.44. The number of rotatable bonds is 1. The molecular weight excluding hydrogens is 168 g/mol. The molecule has 6 heteroatoms. The summed E-state index contributed by atoms with van der Waals surface area (Å²) in [6.45, 7) is 1.97. The predicted octanol–water partition coefficient (Wildman–Crippen LogP) is 0.0958. The first kappa shape index (κ1) is 7.78. The van der Waals surface area contributed by atoms with Crippen molar-refractivity contribution < 1.29 is 0 Å². The minimum atomic E-state index is 0.235. The molecule has 0 aliphatic rings. The minimum Gasteiger partial charge on any atom is -0.366 e. The highest BCUT2D eigenvalue weighted by atomic mass is 15.3. The Labute approximate surface area is 74.8 Å². The maximum atomic E-state index is 5.37. The summed E-state index contributed by atoms with van der Waals surface area (Å²) in [5.74, 6) is 0.833. The molecule has 6 nitrogen and oxygen atoms in total. The summed E-state index contributed by atoms with van der Waals surface area (Å²) in [4.78, 5) is 3.97. The van der Waals surface area contributed by atoms with Crippen LogP contribution in [-0.4, -0.2) is 25.0 Å². The molecule has 0 aliphatic heterocycles. The van der Waals surface area contributed by atoms with Gasteiger partial charge in [-0.15, -0.1) is 5.10 Å². The van der Waals surface area contributed by atoms with E-state index in [0.29, 0.717) is 5.82 Å². The zero-order chi connectivity index (χ0) is 9.42. The van der Waals surface area contributed by atoms with E-state index in [9.17, 15) is 0 Å². The molecule has 3 N–H and O–H groups in total. The molecule has 2 rings (SSSR count). The average Bonchev–Trinajstić information content (AvgIpc) is 2.61. The van der Waals surface area contributed by atoms with Crippen LogP contribution in [0.15, 0.2) is 6.07 Å². The smallest absolute Gasteiger partial charge is 0.239 e. The van der Waals surface area contributed by atoms with Crippen LogP contribution in [0.2, 0.25) is 0 Å². The number of nitrogen functional groups attached to an aromatic ring is 1. The molecule has 0 spiro atoms. The van der Waals surface area contributed by atoms with Crippen LogP contribution in [-0.2, 0) is 7.05 Å². The summed E-state index contributed by atoms with van der Waals surface area (Å²) >= 11 is 0. The average molecular weight is 178 g/mol. The van der Waals surface area contributed by atoms with E-state index < -0.39 is 0 Å². The standard InChI is InChI=1S/C7H10N6/c1-4-3-5(12-13(4)2)6-9-7(8)11-10-6/h3H,1-2H3,(H3,8,9,10,11). The molecule has 0 saturated carbocycles. The summed E-state index contributed by atoms with van der Waals surface area (Å²) in [6, 6.07) is 1.92. The first-order chi connectivity index (χ1) is 6.16. The molecule has 0 amide bonds. The number of hydrogen-bond acceptors (Lipinski definition) is 4. The number of nitrogens with zero attached hydrogens (tertiary/aromatic N) is 4. The van der Waals surface area contributed by atoms with Crippen LogP contribution in [0, 0.1) is 6.92 Å². The van der Waals surface area contributed by atoms with Crippen molar-refractivity contribution >= 4 is 5.95 Å². The van der Waals surface area contributed by atoms with Gasteiger partial charge in [0.1, 0.15) is 5.69 Å². The van der Waals surface area contributed by atoms with Crippen LogP contribution in [0.5, 0.6) is 0 Å². The number of nitrogens with two attached hydrogens (primary N) is 1. The van der Waals surface area contributed by atoms with E-state index in [1.165, 1.54) is 0 Å². The van der Waals surface area contributed by atoms with E-state index in [1.54, 1.807) is 4.68 Å². The van der Waals surface area contributed by atoms with Gasteiger partial charge in [-0.1, -0.05) is 0 Å². The number of aromatic nitrogens is 5. The van der Waals surface area contributed by atoms with Gasteiger partial charge in [0.05, 0.1) is 0 Å². The summed E-state index contributed by atoms with van der Waals surface area (Å²) < 4.78 is 1.77. The molecule has 2 aromatic rings. The van der Waals surface area contributed by atoms with Gasteiger partial charge in [-0.2, -0.15) is 10.1 Å². The third-order valence-corrected chi connectivity index (χ3v) is 1.86. The lowest BCUT2D eigenvalue weighted by Crippen LogP contribution is -1.92. The molecule has 0 aromatic carbocycles. The first-order valence-corrected chi connectivity index (χ1v) is 3.85. The number of hydrogen-bond donors (Lipinski definition) is 2. The quantitative estimate of drug-likeness (QED) is 0.648. The SMILES string of the molecule is Cc1cc(-c2nc(N)n[nH]2)nn1C. The highest BCUT2D eigenvalue weighted by molar-refractivity contribution is 5.50. The lowest BCUT2D eigenvalue weighted by Gasteiger charge is -1.88. The number of anilines is 1. The van der Waals surface area contributed by atoms with Crippen molar-refractivity contribution in [1.82, 2.24) is 25.0 Å². The molecule has 0 unspecified atom stereocenters. The second kappa shape index (κ2) is 2.58. The Balaban J connectivity index is 2.46. The Morgan fingerprint density at radius 1 is 1.54 bits per heavy atom. The Hall–Kier alpha value is -1.85. The molecule has 0 atom stereocenters. The summed E-state index contributed by atoms with van der Waals surface area (Å²) in [5, 5.41) is 10.6. The van der Waals surface area contributed by atoms with Crippen molar-refractivity contribution in [3.8, 4) is 11.5 Å². The Morgan fingerprint density at radius 3 is 2.77 bits per heavy atom. The summed E-state index contributed by atoms with van der Waals surface area (Å²) in [6.07, 6.45) is 0. The van der Waals surface area contributed by atoms with Crippen LogP contribution in [0.4, 0.5) is 5.95 Å². The monoisotopic (exact) mass is 178 g/mol. The van der Waals surface area contributed by atoms with Crippen molar-refractivity contribution in [1.29, 1.82) is 0 Å². The van der Waals surface area contributed by atoms with Crippen molar-refractivity contribution in [2.45, 2.75) is 6.92 Å². The fourth-order valence-corrected chi connectivity index (χ4v) is 1.07. The largest absolute Gasteiger partial charge is 0.366 e. The van der Waals surface area contributed by atoms with Crippen LogP contribution >= 0.6 is 0 Å². The van der Waals surface area contributed by atoms with Crippen molar-refractivity contribution in [3.63, 3.8) is 0 Å². The van der Waals surface area contributed by atoms with E-state index in [0.717, 1.165) is 11.4 Å². The number of nitrogens with one attached hydrogen (secondary N) is 1. The molecule has 68 valence electrons. The van der Waals surface area contributed by atoms with E-state index >= 15 is 0 Å². The molecule has 0 aliphatic carbocycles. The lowest BCUT2D eigenvalue weighted by atomic mass is 10.3. The van der Waals surface area contributed by atoms with Crippen LogP contribution in [0.25, 0.3) is 11.5 Å². The van der Waals surface area contributed by atoms with E-state index in [2.05, 4.69) is 20.3 Å². The second-order valence-electron chi connectivity index (χ2n) is 2.84. The number of aromatic amines is 1. The number of H-pyrrole nitrogens is 1. The van der Waals surface area contributed by atoms with Crippen LogP contribution in [0.3, 0.4) is 0 Å². The van der Waals surface area contributed by atoms with Gasteiger partial charge >= 0.3 is 0 Å². The minimum absolute atomic E-state index is 0.235. The van der Waals surface area contributed by atoms with Gasteiger partial charge in [-0.05, 0) is 13.0 Å². The highest BCUT2D eigenvalue weighted by Crippen LogP contribution is 2.13. The molecule has 2 aromatic heterocycles. The molecule has 2 heterocycles. The van der Waals surface area contributed by atoms with E-state index in [1.807, 2.05) is 20.0 Å². The van der Waals surface area contributed by atoms with E-state index in [4.69, 9.17) is 5.73 Å². The summed E-state index contributed by atoms with van der Waals surface area (Å²) in [7, 11) is 1.87. The van der Waals surface area contributed by atoms with Gasteiger partial charge in [0.25, 0.3) is 0 Å². The summed E-state index contributed by atoms with van der Waals surface area (Å²) in [5.41, 5.74) is 7.19. The van der Waals surface area contributed by atoms with Gasteiger partial charge in [0.2, 0.25) is 5.95 Å². The Bertz CT molecular complexity index is 406. The zero-order valence-electron chi connectivity index (χ0n) is 7.44. The van der Waals surface area contributed by atoms with Gasteiger partial charge in [0.15, 0.2) is 5.82 Å². The lowest BCUT2D eigenvalue weighted by molar-refractivity contribution is 0.741. The van der Waals surface area contributed by atoms with Gasteiger partial charge < -0.3 is 5.73 Å². The molecule has 0 fully saturated rings. The van der Waals surface area contributed by atoms with Gasteiger partial charge in [0, 0.05) is 12.7 Å². The van der Waals surface area contributed by atoms with Crippen molar-refractivity contribution in [3.05, 3.63) is 11.8 Å². The molecule has 0 saturated heterocycles. The maximum Gasteiger partial charge on any atom is 0.239 e.